The number of hydrogen-bond acceptors (Lipinski definition) is 4. The number of amides is 1. The van der Waals surface area contributed by atoms with Crippen molar-refractivity contribution in [1.82, 2.24) is 15.2 Å². The number of aromatic amines is 1. The number of hydrogen-bond donors (Lipinski definition) is 2. The fraction of sp³-hybridized carbons (Fsp3) is 0.250. The maximum absolute atomic E-state index is 12.1. The highest BCUT2D eigenvalue weighted by Crippen LogP contribution is 2.21. The molecular formula is C20H22N4OS. The molecule has 0 aliphatic rings. The van der Waals surface area contributed by atoms with Gasteiger partial charge in [-0.2, -0.15) is 0 Å². The van der Waals surface area contributed by atoms with E-state index < -0.39 is 0 Å². The number of carbonyl (C=O) groups is 1. The van der Waals surface area contributed by atoms with Crippen molar-refractivity contribution in [2.45, 2.75) is 31.3 Å². The molecule has 26 heavy (non-hydrogen) atoms. The van der Waals surface area contributed by atoms with E-state index in [1.165, 1.54) is 17.3 Å². The summed E-state index contributed by atoms with van der Waals surface area (Å²) in [7, 11) is 0. The van der Waals surface area contributed by atoms with E-state index in [9.17, 15) is 4.79 Å². The monoisotopic (exact) mass is 366 g/mol. The molecule has 0 aliphatic carbocycles. The SMILES string of the molecule is CC[C@@H](C)c1ccc(NC(=O)CSc2n[nH]c(-c3ccccc3)n2)cc1. The second-order valence-corrected chi connectivity index (χ2v) is 7.04. The van der Waals surface area contributed by atoms with E-state index >= 15 is 0 Å². The maximum atomic E-state index is 12.1. The van der Waals surface area contributed by atoms with Crippen LogP contribution in [0.2, 0.25) is 0 Å². The molecule has 0 aliphatic heterocycles. The number of anilines is 1. The summed E-state index contributed by atoms with van der Waals surface area (Å²) >= 11 is 1.31. The van der Waals surface area contributed by atoms with Gasteiger partial charge in [-0.15, -0.1) is 5.10 Å². The van der Waals surface area contributed by atoms with E-state index in [-0.39, 0.29) is 11.7 Å². The smallest absolute Gasteiger partial charge is 0.234 e. The first-order valence-electron chi connectivity index (χ1n) is 8.66. The molecule has 2 aromatic carbocycles. The van der Waals surface area contributed by atoms with Crippen molar-refractivity contribution in [2.24, 2.45) is 0 Å². The lowest BCUT2D eigenvalue weighted by Gasteiger charge is -2.10. The van der Waals surface area contributed by atoms with Crippen molar-refractivity contribution >= 4 is 23.4 Å². The fourth-order valence-corrected chi connectivity index (χ4v) is 3.09. The zero-order valence-electron chi connectivity index (χ0n) is 14.9. The Hall–Kier alpha value is -2.60. The van der Waals surface area contributed by atoms with Gasteiger partial charge < -0.3 is 5.32 Å². The van der Waals surface area contributed by atoms with Crippen LogP contribution in [0.4, 0.5) is 5.69 Å². The molecular weight excluding hydrogens is 344 g/mol. The summed E-state index contributed by atoms with van der Waals surface area (Å²) in [6, 6.07) is 17.8. The molecule has 5 nitrogen and oxygen atoms in total. The Morgan fingerprint density at radius 2 is 1.88 bits per heavy atom. The van der Waals surface area contributed by atoms with Crippen LogP contribution >= 0.6 is 11.8 Å². The average molecular weight is 366 g/mol. The van der Waals surface area contributed by atoms with Crippen LogP contribution in [0, 0.1) is 0 Å². The van der Waals surface area contributed by atoms with Gasteiger partial charge in [-0.1, -0.05) is 68.1 Å². The Morgan fingerprint density at radius 3 is 2.58 bits per heavy atom. The molecule has 0 fully saturated rings. The molecule has 0 unspecified atom stereocenters. The van der Waals surface area contributed by atoms with Gasteiger partial charge >= 0.3 is 0 Å². The molecule has 1 amide bonds. The van der Waals surface area contributed by atoms with Gasteiger partial charge in [0.25, 0.3) is 0 Å². The minimum absolute atomic E-state index is 0.0719. The third kappa shape index (κ3) is 4.73. The van der Waals surface area contributed by atoms with Crippen LogP contribution in [-0.2, 0) is 4.79 Å². The van der Waals surface area contributed by atoms with E-state index in [0.717, 1.165) is 17.7 Å². The number of benzene rings is 2. The molecule has 1 heterocycles. The van der Waals surface area contributed by atoms with Gasteiger partial charge in [0.05, 0.1) is 5.75 Å². The molecule has 0 radical (unpaired) electrons. The first kappa shape index (κ1) is 18.2. The minimum atomic E-state index is -0.0719. The largest absolute Gasteiger partial charge is 0.325 e. The number of H-pyrrole nitrogens is 1. The van der Waals surface area contributed by atoms with Crippen molar-refractivity contribution < 1.29 is 4.79 Å². The minimum Gasteiger partial charge on any atom is -0.325 e. The number of carbonyl (C=O) groups excluding carboxylic acids is 1. The molecule has 1 aromatic heterocycles. The molecule has 2 N–H and O–H groups in total. The molecule has 1 atom stereocenters. The molecule has 0 saturated carbocycles. The van der Waals surface area contributed by atoms with Crippen molar-refractivity contribution in [1.29, 1.82) is 0 Å². The van der Waals surface area contributed by atoms with Gasteiger partial charge in [-0.25, -0.2) is 4.98 Å². The van der Waals surface area contributed by atoms with Crippen molar-refractivity contribution in [3.05, 3.63) is 60.2 Å². The van der Waals surface area contributed by atoms with Crippen LogP contribution in [0.15, 0.2) is 59.8 Å². The summed E-state index contributed by atoms with van der Waals surface area (Å²) in [6.07, 6.45) is 1.10. The zero-order chi connectivity index (χ0) is 18.4. The third-order valence-electron chi connectivity index (χ3n) is 4.22. The maximum Gasteiger partial charge on any atom is 0.234 e. The average Bonchev–Trinajstić information content (AvgIpc) is 3.16. The molecule has 0 bridgehead atoms. The number of rotatable bonds is 7. The van der Waals surface area contributed by atoms with E-state index in [2.05, 4.69) is 46.5 Å². The molecule has 6 heteroatoms. The number of nitrogens with one attached hydrogen (secondary N) is 2. The standard InChI is InChI=1S/C20H22N4OS/c1-3-14(2)15-9-11-17(12-10-15)21-18(25)13-26-20-22-19(23-24-20)16-7-5-4-6-8-16/h4-12,14H,3,13H2,1-2H3,(H,21,25)(H,22,23,24)/t14-/m1/s1. The van der Waals surface area contributed by atoms with Gasteiger partial charge in [0.15, 0.2) is 5.82 Å². The van der Waals surface area contributed by atoms with Gasteiger partial charge in [-0.05, 0) is 30.0 Å². The van der Waals surface area contributed by atoms with E-state index in [1.54, 1.807) is 0 Å². The lowest BCUT2D eigenvalue weighted by molar-refractivity contribution is -0.113. The zero-order valence-corrected chi connectivity index (χ0v) is 15.7. The summed E-state index contributed by atoms with van der Waals surface area (Å²) < 4.78 is 0. The van der Waals surface area contributed by atoms with Gasteiger partial charge in [0, 0.05) is 11.3 Å². The van der Waals surface area contributed by atoms with Crippen LogP contribution in [0.5, 0.6) is 0 Å². The van der Waals surface area contributed by atoms with Crippen LogP contribution in [0.1, 0.15) is 31.7 Å². The Balaban J connectivity index is 1.52. The van der Waals surface area contributed by atoms with E-state index in [1.807, 2.05) is 42.5 Å². The quantitative estimate of drug-likeness (QED) is 0.594. The lowest BCUT2D eigenvalue weighted by atomic mass is 9.99. The number of aromatic nitrogens is 3. The Kier molecular flexibility index (Phi) is 6.07. The van der Waals surface area contributed by atoms with E-state index in [0.29, 0.717) is 16.9 Å². The topological polar surface area (TPSA) is 70.7 Å². The Bertz CT molecular complexity index is 846. The van der Waals surface area contributed by atoms with Gasteiger partial charge in [0.1, 0.15) is 0 Å². The lowest BCUT2D eigenvalue weighted by Crippen LogP contribution is -2.14. The van der Waals surface area contributed by atoms with Crippen molar-refractivity contribution in [3.63, 3.8) is 0 Å². The first-order chi connectivity index (χ1) is 12.7. The third-order valence-corrected chi connectivity index (χ3v) is 5.07. The van der Waals surface area contributed by atoms with Crippen molar-refractivity contribution in [2.75, 3.05) is 11.1 Å². The van der Waals surface area contributed by atoms with Crippen molar-refractivity contribution in [3.8, 4) is 11.4 Å². The molecule has 3 aromatic rings. The highest BCUT2D eigenvalue weighted by molar-refractivity contribution is 7.99. The molecule has 134 valence electrons. The van der Waals surface area contributed by atoms with Crippen LogP contribution in [0.3, 0.4) is 0 Å². The van der Waals surface area contributed by atoms with Gasteiger partial charge in [-0.3, -0.25) is 9.89 Å². The molecule has 0 saturated heterocycles. The highest BCUT2D eigenvalue weighted by Gasteiger charge is 2.09. The summed E-state index contributed by atoms with van der Waals surface area (Å²) in [5.41, 5.74) is 3.06. The normalized spacial score (nSPS) is 11.9. The predicted molar refractivity (Wildman–Crippen MR) is 106 cm³/mol. The fourth-order valence-electron chi connectivity index (χ4n) is 2.49. The summed E-state index contributed by atoms with van der Waals surface area (Å²) in [4.78, 5) is 16.6. The van der Waals surface area contributed by atoms with E-state index in [4.69, 9.17) is 0 Å². The number of thioether (sulfide) groups is 1. The van der Waals surface area contributed by atoms with Crippen LogP contribution in [0.25, 0.3) is 11.4 Å². The highest BCUT2D eigenvalue weighted by atomic mass is 32.2. The summed E-state index contributed by atoms with van der Waals surface area (Å²) in [5, 5.41) is 10.5. The summed E-state index contributed by atoms with van der Waals surface area (Å²) in [5.74, 6) is 1.42. The van der Waals surface area contributed by atoms with Gasteiger partial charge in [0.2, 0.25) is 11.1 Å². The van der Waals surface area contributed by atoms with Crippen LogP contribution in [-0.4, -0.2) is 26.8 Å². The molecule has 3 rings (SSSR count). The van der Waals surface area contributed by atoms with Crippen LogP contribution < -0.4 is 5.32 Å². The first-order valence-corrected chi connectivity index (χ1v) is 9.64. The Morgan fingerprint density at radius 1 is 1.15 bits per heavy atom. The Labute approximate surface area is 157 Å². The molecule has 0 spiro atoms. The predicted octanol–water partition coefficient (Wildman–Crippen LogP) is 4.72. The summed E-state index contributed by atoms with van der Waals surface area (Å²) in [6.45, 7) is 4.37. The second kappa shape index (κ2) is 8.67. The number of nitrogens with zero attached hydrogens (tertiary/aromatic N) is 2. The second-order valence-electron chi connectivity index (χ2n) is 6.10.